The Balaban J connectivity index is 1.88. The second-order valence-corrected chi connectivity index (χ2v) is 4.31. The molecule has 0 radical (unpaired) electrons. The lowest BCUT2D eigenvalue weighted by molar-refractivity contribution is -0.128. The van der Waals surface area contributed by atoms with Crippen LogP contribution in [0.5, 0.6) is 0 Å². The van der Waals surface area contributed by atoms with Crippen LogP contribution in [-0.4, -0.2) is 37.9 Å². The molecule has 5 heteroatoms. The molecule has 88 valence electrons. The van der Waals surface area contributed by atoms with Crippen molar-refractivity contribution < 1.29 is 9.90 Å². The van der Waals surface area contributed by atoms with Gasteiger partial charge in [0, 0.05) is 12.7 Å². The summed E-state index contributed by atoms with van der Waals surface area (Å²) in [4.78, 5) is 17.5. The normalized spacial score (nSPS) is 20.4. The number of imidazole rings is 1. The van der Waals surface area contributed by atoms with Crippen molar-refractivity contribution >= 4 is 11.6 Å². The predicted octanol–water partition coefficient (Wildman–Crippen LogP) is 0.427. The number of carbonyl (C=O) groups excluding carboxylic acids is 1. The van der Waals surface area contributed by atoms with Crippen LogP contribution in [0.1, 0.15) is 12.1 Å². The minimum absolute atomic E-state index is 0.00313. The van der Waals surface area contributed by atoms with Gasteiger partial charge in [0.25, 0.3) is 0 Å². The highest BCUT2D eigenvalue weighted by Crippen LogP contribution is 2.15. The van der Waals surface area contributed by atoms with E-state index in [1.807, 2.05) is 28.8 Å². The summed E-state index contributed by atoms with van der Waals surface area (Å²) in [6.45, 7) is 0.917. The summed E-state index contributed by atoms with van der Waals surface area (Å²) in [5, 5.41) is 9.43. The zero-order chi connectivity index (χ0) is 11.8. The zero-order valence-corrected chi connectivity index (χ0v) is 9.28. The van der Waals surface area contributed by atoms with Gasteiger partial charge in [0.05, 0.1) is 31.0 Å². The zero-order valence-electron chi connectivity index (χ0n) is 9.28. The molecule has 1 saturated heterocycles. The third kappa shape index (κ3) is 1.78. The van der Waals surface area contributed by atoms with E-state index in [0.717, 1.165) is 11.3 Å². The minimum atomic E-state index is -0.526. The molecule has 1 aliphatic rings. The standard InChI is InChI=1S/C12H13N3O2/c16-10-5-12(17)14(8-10)7-9-6-13-11-3-1-2-4-15(9)11/h1-4,6,10,16H,5,7-8H2. The molecule has 17 heavy (non-hydrogen) atoms. The van der Waals surface area contributed by atoms with Gasteiger partial charge in [-0.3, -0.25) is 4.79 Å². The van der Waals surface area contributed by atoms with E-state index in [1.165, 1.54) is 0 Å². The van der Waals surface area contributed by atoms with Gasteiger partial charge in [-0.05, 0) is 12.1 Å². The Bertz CT molecular complexity index is 564. The maximum atomic E-state index is 11.6. The van der Waals surface area contributed by atoms with E-state index in [1.54, 1.807) is 11.1 Å². The van der Waals surface area contributed by atoms with Crippen LogP contribution in [0.15, 0.2) is 30.6 Å². The summed E-state index contributed by atoms with van der Waals surface area (Å²) in [5.41, 5.74) is 1.83. The maximum Gasteiger partial charge on any atom is 0.225 e. The molecule has 1 unspecified atom stereocenters. The third-order valence-electron chi connectivity index (χ3n) is 3.04. The lowest BCUT2D eigenvalue weighted by atomic mass is 10.3. The molecule has 3 rings (SSSR count). The van der Waals surface area contributed by atoms with Crippen LogP contribution in [0, 0.1) is 0 Å². The number of aromatic nitrogens is 2. The van der Waals surface area contributed by atoms with Crippen molar-refractivity contribution in [3.05, 3.63) is 36.3 Å². The first-order valence-corrected chi connectivity index (χ1v) is 5.61. The van der Waals surface area contributed by atoms with Crippen molar-refractivity contribution in [2.75, 3.05) is 6.54 Å². The number of β-amino-alcohol motifs (C(OH)–C–C–N with tert-alkyl or cyclic N) is 1. The van der Waals surface area contributed by atoms with Crippen LogP contribution in [0.3, 0.4) is 0 Å². The quantitative estimate of drug-likeness (QED) is 0.815. The van der Waals surface area contributed by atoms with Gasteiger partial charge in [-0.1, -0.05) is 6.07 Å². The highest BCUT2D eigenvalue weighted by Gasteiger charge is 2.28. The lowest BCUT2D eigenvalue weighted by Gasteiger charge is -2.14. The molecule has 1 N–H and O–H groups in total. The molecule has 1 atom stereocenters. The number of carbonyl (C=O) groups is 1. The van der Waals surface area contributed by atoms with E-state index < -0.39 is 6.10 Å². The van der Waals surface area contributed by atoms with E-state index in [0.29, 0.717) is 13.1 Å². The van der Waals surface area contributed by atoms with E-state index in [4.69, 9.17) is 0 Å². The van der Waals surface area contributed by atoms with E-state index >= 15 is 0 Å². The van der Waals surface area contributed by atoms with E-state index in [-0.39, 0.29) is 12.3 Å². The summed E-state index contributed by atoms with van der Waals surface area (Å²) in [7, 11) is 0. The summed E-state index contributed by atoms with van der Waals surface area (Å²) < 4.78 is 1.96. The van der Waals surface area contributed by atoms with Crippen LogP contribution in [0.4, 0.5) is 0 Å². The first-order chi connectivity index (χ1) is 8.24. The summed E-state index contributed by atoms with van der Waals surface area (Å²) in [6.07, 6.45) is 3.40. The Hall–Kier alpha value is -1.88. The molecule has 1 aliphatic heterocycles. The lowest BCUT2D eigenvalue weighted by Crippen LogP contribution is -2.25. The average molecular weight is 231 g/mol. The molecule has 0 spiro atoms. The molecular weight excluding hydrogens is 218 g/mol. The number of rotatable bonds is 2. The number of hydrogen-bond acceptors (Lipinski definition) is 3. The number of fused-ring (bicyclic) bond motifs is 1. The Labute approximate surface area is 98.3 Å². The fourth-order valence-electron chi connectivity index (χ4n) is 2.20. The van der Waals surface area contributed by atoms with Crippen LogP contribution < -0.4 is 0 Å². The third-order valence-corrected chi connectivity index (χ3v) is 3.04. The molecule has 0 aliphatic carbocycles. The van der Waals surface area contributed by atoms with Crippen molar-refractivity contribution in [1.29, 1.82) is 0 Å². The Morgan fingerprint density at radius 2 is 2.35 bits per heavy atom. The highest BCUT2D eigenvalue weighted by atomic mass is 16.3. The van der Waals surface area contributed by atoms with Crippen molar-refractivity contribution in [2.24, 2.45) is 0 Å². The number of pyridine rings is 1. The van der Waals surface area contributed by atoms with Gasteiger partial charge in [-0.25, -0.2) is 4.98 Å². The number of amides is 1. The largest absolute Gasteiger partial charge is 0.391 e. The fourth-order valence-corrected chi connectivity index (χ4v) is 2.20. The van der Waals surface area contributed by atoms with Gasteiger partial charge < -0.3 is 14.4 Å². The topological polar surface area (TPSA) is 57.8 Å². The monoisotopic (exact) mass is 231 g/mol. The molecule has 0 bridgehead atoms. The number of hydrogen-bond donors (Lipinski definition) is 1. The molecule has 0 saturated carbocycles. The first kappa shape index (κ1) is 10.3. The Morgan fingerprint density at radius 3 is 3.12 bits per heavy atom. The number of likely N-dealkylation sites (tertiary alicyclic amines) is 1. The minimum Gasteiger partial charge on any atom is -0.391 e. The van der Waals surface area contributed by atoms with Gasteiger partial charge in [0.2, 0.25) is 5.91 Å². The van der Waals surface area contributed by atoms with Crippen LogP contribution in [0.2, 0.25) is 0 Å². The SMILES string of the molecule is O=C1CC(O)CN1Cc1cnc2ccccn12. The van der Waals surface area contributed by atoms with Gasteiger partial charge >= 0.3 is 0 Å². The number of aliphatic hydroxyl groups excluding tert-OH is 1. The molecule has 5 nitrogen and oxygen atoms in total. The number of aliphatic hydroxyl groups is 1. The molecule has 2 aromatic heterocycles. The van der Waals surface area contributed by atoms with Crippen LogP contribution in [-0.2, 0) is 11.3 Å². The van der Waals surface area contributed by atoms with Gasteiger partial charge in [0.15, 0.2) is 0 Å². The molecule has 1 amide bonds. The Kier molecular flexibility index (Phi) is 2.33. The van der Waals surface area contributed by atoms with Crippen molar-refractivity contribution in [2.45, 2.75) is 19.1 Å². The summed E-state index contributed by atoms with van der Waals surface area (Å²) in [5.74, 6) is 0.00313. The molecule has 3 heterocycles. The average Bonchev–Trinajstić information content (AvgIpc) is 2.85. The second kappa shape index (κ2) is 3.85. The van der Waals surface area contributed by atoms with Crippen molar-refractivity contribution in [3.8, 4) is 0 Å². The smallest absolute Gasteiger partial charge is 0.225 e. The van der Waals surface area contributed by atoms with Gasteiger partial charge in [-0.2, -0.15) is 0 Å². The highest BCUT2D eigenvalue weighted by molar-refractivity contribution is 5.78. The fraction of sp³-hybridized carbons (Fsp3) is 0.333. The van der Waals surface area contributed by atoms with Crippen LogP contribution >= 0.6 is 0 Å². The van der Waals surface area contributed by atoms with Crippen LogP contribution in [0.25, 0.3) is 5.65 Å². The molecule has 2 aromatic rings. The van der Waals surface area contributed by atoms with E-state index in [2.05, 4.69) is 4.98 Å². The second-order valence-electron chi connectivity index (χ2n) is 4.31. The van der Waals surface area contributed by atoms with E-state index in [9.17, 15) is 9.90 Å². The molecule has 1 fully saturated rings. The Morgan fingerprint density at radius 1 is 1.47 bits per heavy atom. The van der Waals surface area contributed by atoms with Crippen molar-refractivity contribution in [1.82, 2.24) is 14.3 Å². The van der Waals surface area contributed by atoms with Gasteiger partial charge in [0.1, 0.15) is 5.65 Å². The molecular formula is C12H13N3O2. The number of nitrogens with zero attached hydrogens (tertiary/aromatic N) is 3. The summed E-state index contributed by atoms with van der Waals surface area (Å²) >= 11 is 0. The predicted molar refractivity (Wildman–Crippen MR) is 61.2 cm³/mol. The molecule has 0 aromatic carbocycles. The first-order valence-electron chi connectivity index (χ1n) is 5.61. The summed E-state index contributed by atoms with van der Waals surface area (Å²) in [6, 6.07) is 5.78. The maximum absolute atomic E-state index is 11.6. The van der Waals surface area contributed by atoms with Crippen molar-refractivity contribution in [3.63, 3.8) is 0 Å². The van der Waals surface area contributed by atoms with Gasteiger partial charge in [-0.15, -0.1) is 0 Å².